The van der Waals surface area contributed by atoms with Crippen molar-refractivity contribution in [1.82, 2.24) is 0 Å². The number of hydrogen-bond donors (Lipinski definition) is 1. The van der Waals surface area contributed by atoms with Gasteiger partial charge in [0, 0.05) is 17.3 Å². The molecule has 1 N–H and O–H groups in total. The van der Waals surface area contributed by atoms with Crippen LogP contribution in [-0.4, -0.2) is 22.9 Å². The van der Waals surface area contributed by atoms with Gasteiger partial charge in [-0.1, -0.05) is 24.3 Å². The van der Waals surface area contributed by atoms with E-state index in [1.54, 1.807) is 24.3 Å². The van der Waals surface area contributed by atoms with Crippen LogP contribution in [0.3, 0.4) is 0 Å². The number of nitrogens with zero attached hydrogens (tertiary/aromatic N) is 1. The fraction of sp³-hybridized carbons (Fsp3) is 0.130. The Morgan fingerprint density at radius 2 is 1.58 bits per heavy atom. The molecule has 0 aliphatic carbocycles. The van der Waals surface area contributed by atoms with Gasteiger partial charge in [-0.2, -0.15) is 0 Å². The van der Waals surface area contributed by atoms with Crippen molar-refractivity contribution in [1.29, 1.82) is 0 Å². The highest BCUT2D eigenvalue weighted by molar-refractivity contribution is 5.98. The molecule has 31 heavy (non-hydrogen) atoms. The highest BCUT2D eigenvalue weighted by Crippen LogP contribution is 2.24. The van der Waals surface area contributed by atoms with Crippen LogP contribution in [-0.2, 0) is 9.53 Å². The van der Waals surface area contributed by atoms with Gasteiger partial charge in [-0.25, -0.2) is 4.79 Å². The van der Waals surface area contributed by atoms with E-state index in [0.29, 0.717) is 17.2 Å². The molecule has 1 unspecified atom stereocenters. The first kappa shape index (κ1) is 21.5. The lowest BCUT2D eigenvalue weighted by atomic mass is 10.1. The lowest BCUT2D eigenvalue weighted by molar-refractivity contribution is -0.385. The molecule has 0 spiro atoms. The van der Waals surface area contributed by atoms with E-state index >= 15 is 0 Å². The SMILES string of the molecule is Cc1c(C(=O)OC(C)C(=O)Nc2ccc(Oc3ccccc3)cc2)cccc1[N+](=O)[O-]. The number of nitro groups is 1. The number of nitrogens with one attached hydrogen (secondary N) is 1. The minimum Gasteiger partial charge on any atom is -0.457 e. The van der Waals surface area contributed by atoms with Crippen LogP contribution in [0.2, 0.25) is 0 Å². The van der Waals surface area contributed by atoms with Crippen molar-refractivity contribution < 1.29 is 24.0 Å². The quantitative estimate of drug-likeness (QED) is 0.332. The summed E-state index contributed by atoms with van der Waals surface area (Å²) in [5, 5.41) is 13.7. The number of benzene rings is 3. The second kappa shape index (κ2) is 9.53. The maximum atomic E-state index is 12.4. The van der Waals surface area contributed by atoms with E-state index in [1.807, 2.05) is 30.3 Å². The van der Waals surface area contributed by atoms with Crippen molar-refractivity contribution in [3.05, 3.63) is 94.0 Å². The summed E-state index contributed by atoms with van der Waals surface area (Å²) in [6, 6.07) is 20.1. The van der Waals surface area contributed by atoms with E-state index in [-0.39, 0.29) is 16.8 Å². The van der Waals surface area contributed by atoms with E-state index < -0.39 is 22.9 Å². The van der Waals surface area contributed by atoms with Crippen molar-refractivity contribution in [3.8, 4) is 11.5 Å². The van der Waals surface area contributed by atoms with Crippen molar-refractivity contribution >= 4 is 23.3 Å². The predicted molar refractivity (Wildman–Crippen MR) is 114 cm³/mol. The molecule has 8 nitrogen and oxygen atoms in total. The summed E-state index contributed by atoms with van der Waals surface area (Å²) < 4.78 is 10.9. The zero-order valence-electron chi connectivity index (χ0n) is 16.9. The average molecular weight is 420 g/mol. The van der Waals surface area contributed by atoms with Crippen molar-refractivity contribution in [2.24, 2.45) is 0 Å². The fourth-order valence-electron chi connectivity index (χ4n) is 2.79. The van der Waals surface area contributed by atoms with Crippen LogP contribution in [0.25, 0.3) is 0 Å². The molecule has 0 heterocycles. The third kappa shape index (κ3) is 5.45. The fourth-order valence-corrected chi connectivity index (χ4v) is 2.79. The maximum absolute atomic E-state index is 12.4. The Morgan fingerprint density at radius 3 is 2.23 bits per heavy atom. The topological polar surface area (TPSA) is 108 Å². The normalized spacial score (nSPS) is 11.3. The Hall–Kier alpha value is -4.20. The van der Waals surface area contributed by atoms with E-state index in [0.717, 1.165) is 0 Å². The molecule has 0 aliphatic heterocycles. The number of carbonyl (C=O) groups is 2. The molecule has 1 amide bonds. The van der Waals surface area contributed by atoms with Gasteiger partial charge >= 0.3 is 5.97 Å². The predicted octanol–water partition coefficient (Wildman–Crippen LogP) is 4.88. The van der Waals surface area contributed by atoms with Crippen molar-refractivity contribution in [3.63, 3.8) is 0 Å². The van der Waals surface area contributed by atoms with E-state index in [1.165, 1.54) is 32.0 Å². The summed E-state index contributed by atoms with van der Waals surface area (Å²) >= 11 is 0. The van der Waals surface area contributed by atoms with Crippen LogP contribution < -0.4 is 10.1 Å². The second-order valence-electron chi connectivity index (χ2n) is 6.68. The zero-order valence-corrected chi connectivity index (χ0v) is 16.9. The van der Waals surface area contributed by atoms with Gasteiger partial charge < -0.3 is 14.8 Å². The number of esters is 1. The van der Waals surface area contributed by atoms with Crippen molar-refractivity contribution in [2.45, 2.75) is 20.0 Å². The first-order valence-electron chi connectivity index (χ1n) is 9.44. The van der Waals surface area contributed by atoms with Gasteiger partial charge in [0.25, 0.3) is 11.6 Å². The van der Waals surface area contributed by atoms with Crippen LogP contribution >= 0.6 is 0 Å². The Kier molecular flexibility index (Phi) is 6.61. The third-order valence-corrected chi connectivity index (χ3v) is 4.48. The molecular weight excluding hydrogens is 400 g/mol. The second-order valence-corrected chi connectivity index (χ2v) is 6.68. The van der Waals surface area contributed by atoms with Gasteiger partial charge in [0.15, 0.2) is 6.10 Å². The maximum Gasteiger partial charge on any atom is 0.339 e. The van der Waals surface area contributed by atoms with Crippen LogP contribution in [0.15, 0.2) is 72.8 Å². The lowest BCUT2D eigenvalue weighted by Crippen LogP contribution is -2.30. The third-order valence-electron chi connectivity index (χ3n) is 4.48. The van der Waals surface area contributed by atoms with E-state index in [9.17, 15) is 19.7 Å². The summed E-state index contributed by atoms with van der Waals surface area (Å²) in [4.78, 5) is 35.2. The van der Waals surface area contributed by atoms with Crippen LogP contribution in [0.1, 0.15) is 22.8 Å². The molecule has 0 saturated heterocycles. The lowest BCUT2D eigenvalue weighted by Gasteiger charge is -2.14. The molecule has 3 aromatic rings. The van der Waals surface area contributed by atoms with Crippen LogP contribution in [0.5, 0.6) is 11.5 Å². The Labute approximate surface area is 178 Å². The molecule has 3 aromatic carbocycles. The van der Waals surface area contributed by atoms with Crippen LogP contribution in [0, 0.1) is 17.0 Å². The minimum atomic E-state index is -1.11. The Balaban J connectivity index is 1.60. The van der Waals surface area contributed by atoms with Gasteiger partial charge in [-0.15, -0.1) is 0 Å². The van der Waals surface area contributed by atoms with Gasteiger partial charge in [0.05, 0.1) is 10.5 Å². The highest BCUT2D eigenvalue weighted by Gasteiger charge is 2.23. The van der Waals surface area contributed by atoms with Gasteiger partial charge in [0.2, 0.25) is 0 Å². The summed E-state index contributed by atoms with van der Waals surface area (Å²) in [6.45, 7) is 2.88. The number of hydrogen-bond acceptors (Lipinski definition) is 6. The summed E-state index contributed by atoms with van der Waals surface area (Å²) in [6.07, 6.45) is -1.11. The number of nitro benzene ring substituents is 1. The molecule has 0 radical (unpaired) electrons. The minimum absolute atomic E-state index is 0.0382. The molecule has 3 rings (SSSR count). The van der Waals surface area contributed by atoms with Crippen molar-refractivity contribution in [2.75, 3.05) is 5.32 Å². The molecule has 8 heteroatoms. The summed E-state index contributed by atoms with van der Waals surface area (Å²) in [5.74, 6) is -0.0512. The highest BCUT2D eigenvalue weighted by atomic mass is 16.6. The van der Waals surface area contributed by atoms with Gasteiger partial charge in [0.1, 0.15) is 11.5 Å². The number of para-hydroxylation sites is 1. The summed E-state index contributed by atoms with van der Waals surface area (Å²) in [5.41, 5.74) is 0.527. The molecule has 0 saturated carbocycles. The largest absolute Gasteiger partial charge is 0.457 e. The molecule has 1 atom stereocenters. The molecule has 0 fully saturated rings. The van der Waals surface area contributed by atoms with E-state index in [2.05, 4.69) is 5.32 Å². The molecule has 0 bridgehead atoms. The van der Waals surface area contributed by atoms with Gasteiger partial charge in [-0.05, 0) is 56.3 Å². The number of ether oxygens (including phenoxy) is 2. The molecular formula is C23H20N2O6. The molecule has 158 valence electrons. The molecule has 0 aromatic heterocycles. The first-order valence-corrected chi connectivity index (χ1v) is 9.44. The number of amides is 1. The number of rotatable bonds is 7. The van der Waals surface area contributed by atoms with Gasteiger partial charge in [-0.3, -0.25) is 14.9 Å². The Bertz CT molecular complexity index is 1100. The first-order chi connectivity index (χ1) is 14.8. The smallest absolute Gasteiger partial charge is 0.339 e. The monoisotopic (exact) mass is 420 g/mol. The zero-order chi connectivity index (χ0) is 22.4. The van der Waals surface area contributed by atoms with Crippen LogP contribution in [0.4, 0.5) is 11.4 Å². The Morgan fingerprint density at radius 1 is 0.935 bits per heavy atom. The van der Waals surface area contributed by atoms with E-state index in [4.69, 9.17) is 9.47 Å². The average Bonchev–Trinajstić information content (AvgIpc) is 2.75. The number of carbonyl (C=O) groups excluding carboxylic acids is 2. The standard InChI is InChI=1S/C23H20N2O6/c1-15-20(9-6-10-21(15)25(28)29)23(27)30-16(2)22(26)24-17-11-13-19(14-12-17)31-18-7-4-3-5-8-18/h3-14,16H,1-2H3,(H,24,26). The molecule has 0 aliphatic rings. The summed E-state index contributed by atoms with van der Waals surface area (Å²) in [7, 11) is 0. The number of anilines is 1.